The highest BCUT2D eigenvalue weighted by atomic mass is 32.2. The summed E-state index contributed by atoms with van der Waals surface area (Å²) < 4.78 is 51.8. The normalized spacial score (nSPS) is 11.5. The lowest BCUT2D eigenvalue weighted by Gasteiger charge is -2.11. The van der Waals surface area contributed by atoms with Gasteiger partial charge in [-0.05, 0) is 36.8 Å². The van der Waals surface area contributed by atoms with Crippen LogP contribution in [0.2, 0.25) is 0 Å². The van der Waals surface area contributed by atoms with Crippen LogP contribution in [0.5, 0.6) is 5.75 Å². The summed E-state index contributed by atoms with van der Waals surface area (Å²) in [6, 6.07) is 10.9. The molecule has 7 nitrogen and oxygen atoms in total. The van der Waals surface area contributed by atoms with Crippen LogP contribution in [0.3, 0.4) is 0 Å². The minimum absolute atomic E-state index is 0.0400. The highest BCUT2D eigenvalue weighted by Gasteiger charge is 2.20. The third-order valence-electron chi connectivity index (χ3n) is 3.81. The minimum atomic E-state index is -3.77. The Morgan fingerprint density at radius 2 is 1.96 bits per heavy atom. The number of sulfonamides is 1. The van der Waals surface area contributed by atoms with Gasteiger partial charge in [-0.3, -0.25) is 0 Å². The topological polar surface area (TPSA) is 94.3 Å². The zero-order valence-electron chi connectivity index (χ0n) is 14.8. The molecule has 0 spiro atoms. The predicted molar refractivity (Wildman–Crippen MR) is 96.3 cm³/mol. The van der Waals surface area contributed by atoms with Crippen molar-refractivity contribution in [1.82, 2.24) is 14.9 Å². The van der Waals surface area contributed by atoms with Gasteiger partial charge in [-0.25, -0.2) is 17.5 Å². The predicted octanol–water partition coefficient (Wildman–Crippen LogP) is 2.71. The molecular formula is C18H18FN3O4S. The molecule has 0 bridgehead atoms. The van der Waals surface area contributed by atoms with Crippen molar-refractivity contribution in [1.29, 1.82) is 0 Å². The SMILES string of the molecule is COc1ccc(C)cc1S(=O)(=O)NCCc1nnc(-c2ccccc2F)o1. The molecule has 27 heavy (non-hydrogen) atoms. The fourth-order valence-electron chi connectivity index (χ4n) is 2.46. The van der Waals surface area contributed by atoms with Gasteiger partial charge >= 0.3 is 0 Å². The molecule has 1 N–H and O–H groups in total. The van der Waals surface area contributed by atoms with E-state index in [1.807, 2.05) is 0 Å². The summed E-state index contributed by atoms with van der Waals surface area (Å²) >= 11 is 0. The first-order valence-corrected chi connectivity index (χ1v) is 9.60. The Morgan fingerprint density at radius 3 is 2.70 bits per heavy atom. The van der Waals surface area contributed by atoms with Crippen LogP contribution >= 0.6 is 0 Å². The molecule has 3 rings (SSSR count). The lowest BCUT2D eigenvalue weighted by atomic mass is 10.2. The van der Waals surface area contributed by atoms with Gasteiger partial charge in [0.1, 0.15) is 16.5 Å². The van der Waals surface area contributed by atoms with Gasteiger partial charge in [0, 0.05) is 13.0 Å². The second-order valence-corrected chi connectivity index (χ2v) is 7.52. The third kappa shape index (κ3) is 4.32. The van der Waals surface area contributed by atoms with E-state index in [2.05, 4.69) is 14.9 Å². The van der Waals surface area contributed by atoms with Crippen molar-refractivity contribution in [2.45, 2.75) is 18.2 Å². The molecule has 0 aliphatic heterocycles. The van der Waals surface area contributed by atoms with E-state index in [4.69, 9.17) is 9.15 Å². The summed E-state index contributed by atoms with van der Waals surface area (Å²) in [6.45, 7) is 1.83. The van der Waals surface area contributed by atoms with Gasteiger partial charge in [-0.1, -0.05) is 18.2 Å². The van der Waals surface area contributed by atoms with Crippen molar-refractivity contribution in [3.63, 3.8) is 0 Å². The Bertz CT molecular complexity index is 1050. The van der Waals surface area contributed by atoms with Gasteiger partial charge in [0.2, 0.25) is 15.9 Å². The van der Waals surface area contributed by atoms with Crippen LogP contribution in [0.25, 0.3) is 11.5 Å². The summed E-state index contributed by atoms with van der Waals surface area (Å²) in [7, 11) is -2.36. The van der Waals surface area contributed by atoms with Gasteiger partial charge in [-0.15, -0.1) is 10.2 Å². The van der Waals surface area contributed by atoms with Crippen LogP contribution in [-0.4, -0.2) is 32.3 Å². The standard InChI is InChI=1S/C18H18FN3O4S/c1-12-7-8-15(25-2)16(11-12)27(23,24)20-10-9-17-21-22-18(26-17)13-5-3-4-6-14(13)19/h3-8,11,20H,9-10H2,1-2H3. The first-order chi connectivity index (χ1) is 12.9. The maximum Gasteiger partial charge on any atom is 0.250 e. The molecule has 0 saturated heterocycles. The van der Waals surface area contributed by atoms with Gasteiger partial charge in [-0.2, -0.15) is 0 Å². The summed E-state index contributed by atoms with van der Waals surface area (Å²) in [5.74, 6) is 0.0335. The molecule has 0 atom stereocenters. The molecule has 0 unspecified atom stereocenters. The monoisotopic (exact) mass is 391 g/mol. The smallest absolute Gasteiger partial charge is 0.250 e. The summed E-state index contributed by atoms with van der Waals surface area (Å²) in [5.41, 5.74) is 0.990. The lowest BCUT2D eigenvalue weighted by Crippen LogP contribution is -2.26. The van der Waals surface area contributed by atoms with E-state index in [-0.39, 0.29) is 41.0 Å². The molecule has 142 valence electrons. The molecular weight excluding hydrogens is 373 g/mol. The number of benzene rings is 2. The Kier molecular flexibility index (Phi) is 5.52. The van der Waals surface area contributed by atoms with E-state index in [0.29, 0.717) is 0 Å². The first kappa shape index (κ1) is 19.0. The van der Waals surface area contributed by atoms with Crippen LogP contribution in [0, 0.1) is 12.7 Å². The van der Waals surface area contributed by atoms with E-state index < -0.39 is 15.8 Å². The highest BCUT2D eigenvalue weighted by molar-refractivity contribution is 7.89. The molecule has 0 radical (unpaired) electrons. The number of hydrogen-bond donors (Lipinski definition) is 1. The molecule has 3 aromatic rings. The van der Waals surface area contributed by atoms with Gasteiger partial charge in [0.05, 0.1) is 12.7 Å². The minimum Gasteiger partial charge on any atom is -0.495 e. The van der Waals surface area contributed by atoms with Crippen molar-refractivity contribution in [2.75, 3.05) is 13.7 Å². The first-order valence-electron chi connectivity index (χ1n) is 8.12. The Hall–Kier alpha value is -2.78. The number of halogens is 1. The number of rotatable bonds is 7. The zero-order valence-corrected chi connectivity index (χ0v) is 15.6. The lowest BCUT2D eigenvalue weighted by molar-refractivity contribution is 0.402. The molecule has 0 fully saturated rings. The largest absolute Gasteiger partial charge is 0.495 e. The molecule has 0 amide bonds. The number of ether oxygens (including phenoxy) is 1. The Morgan fingerprint density at radius 1 is 1.19 bits per heavy atom. The summed E-state index contributed by atoms with van der Waals surface area (Å²) in [5, 5.41) is 7.64. The average Bonchev–Trinajstić information content (AvgIpc) is 3.10. The second-order valence-electron chi connectivity index (χ2n) is 5.78. The van der Waals surface area contributed by atoms with E-state index in [1.54, 1.807) is 31.2 Å². The van der Waals surface area contributed by atoms with E-state index >= 15 is 0 Å². The number of methoxy groups -OCH3 is 1. The third-order valence-corrected chi connectivity index (χ3v) is 5.29. The molecule has 0 aliphatic carbocycles. The van der Waals surface area contributed by atoms with Crippen LogP contribution in [-0.2, 0) is 16.4 Å². The Balaban J connectivity index is 1.68. The highest BCUT2D eigenvalue weighted by Crippen LogP contribution is 2.24. The van der Waals surface area contributed by atoms with E-state index in [1.165, 1.54) is 25.3 Å². The van der Waals surface area contributed by atoms with Crippen LogP contribution in [0.15, 0.2) is 51.8 Å². The van der Waals surface area contributed by atoms with E-state index in [9.17, 15) is 12.8 Å². The zero-order chi connectivity index (χ0) is 19.4. The van der Waals surface area contributed by atoms with Crippen molar-refractivity contribution in [3.05, 3.63) is 59.7 Å². The maximum absolute atomic E-state index is 13.8. The number of aryl methyl sites for hydroxylation is 1. The maximum atomic E-state index is 13.8. The summed E-state index contributed by atoms with van der Waals surface area (Å²) in [4.78, 5) is 0.0579. The van der Waals surface area contributed by atoms with Crippen molar-refractivity contribution < 1.29 is 22.0 Å². The van der Waals surface area contributed by atoms with Gasteiger partial charge in [0.15, 0.2) is 0 Å². The molecule has 1 heterocycles. The number of hydrogen-bond acceptors (Lipinski definition) is 6. The number of nitrogens with zero attached hydrogens (tertiary/aromatic N) is 2. The van der Waals surface area contributed by atoms with Crippen molar-refractivity contribution >= 4 is 10.0 Å². The fourth-order valence-corrected chi connectivity index (χ4v) is 3.75. The van der Waals surface area contributed by atoms with Crippen LogP contribution in [0.4, 0.5) is 4.39 Å². The van der Waals surface area contributed by atoms with Crippen molar-refractivity contribution in [3.8, 4) is 17.2 Å². The molecule has 0 saturated carbocycles. The van der Waals surface area contributed by atoms with Gasteiger partial charge < -0.3 is 9.15 Å². The number of aromatic nitrogens is 2. The quantitative estimate of drug-likeness (QED) is 0.666. The van der Waals surface area contributed by atoms with Gasteiger partial charge in [0.25, 0.3) is 5.89 Å². The number of nitrogens with one attached hydrogen (secondary N) is 1. The van der Waals surface area contributed by atoms with Crippen LogP contribution < -0.4 is 9.46 Å². The molecule has 1 aromatic heterocycles. The second kappa shape index (κ2) is 7.85. The molecule has 2 aromatic carbocycles. The van der Waals surface area contributed by atoms with E-state index in [0.717, 1.165) is 5.56 Å². The molecule has 9 heteroatoms. The summed E-state index contributed by atoms with van der Waals surface area (Å²) in [6.07, 6.45) is 0.162. The van der Waals surface area contributed by atoms with Crippen LogP contribution in [0.1, 0.15) is 11.5 Å². The fraction of sp³-hybridized carbons (Fsp3) is 0.222. The van der Waals surface area contributed by atoms with Crippen molar-refractivity contribution in [2.24, 2.45) is 0 Å². The Labute approximate surface area is 156 Å². The molecule has 0 aliphatic rings. The average molecular weight is 391 g/mol.